The molecule has 0 aromatic heterocycles. The molecule has 0 aliphatic heterocycles. The van der Waals surface area contributed by atoms with E-state index in [0.29, 0.717) is 11.5 Å². The van der Waals surface area contributed by atoms with E-state index in [4.69, 9.17) is 9.47 Å². The lowest BCUT2D eigenvalue weighted by atomic mass is 10.1. The molecule has 0 saturated heterocycles. The van der Waals surface area contributed by atoms with Gasteiger partial charge in [0.05, 0.1) is 25.8 Å². The Labute approximate surface area is 184 Å². The predicted octanol–water partition coefficient (Wildman–Crippen LogP) is 4.41. The van der Waals surface area contributed by atoms with E-state index < -0.39 is 6.03 Å². The molecule has 2 aromatic rings. The Bertz CT molecular complexity index is 917. The Kier molecular flexibility index (Phi) is 8.30. The van der Waals surface area contributed by atoms with Gasteiger partial charge in [0, 0.05) is 5.69 Å². The third-order valence-electron chi connectivity index (χ3n) is 4.75. The number of urea groups is 1. The Morgan fingerprint density at radius 1 is 0.968 bits per heavy atom. The topological polar surface area (TPSA) is 88.7 Å². The first-order chi connectivity index (χ1) is 14.6. The molecule has 2 rings (SSSR count). The average Bonchev–Trinajstić information content (AvgIpc) is 2.68. The summed E-state index contributed by atoms with van der Waals surface area (Å²) in [6, 6.07) is 8.84. The van der Waals surface area contributed by atoms with Crippen LogP contribution in [0.1, 0.15) is 49.1 Å². The van der Waals surface area contributed by atoms with Crippen molar-refractivity contribution in [1.29, 1.82) is 0 Å². The van der Waals surface area contributed by atoms with Crippen molar-refractivity contribution in [2.45, 2.75) is 53.7 Å². The van der Waals surface area contributed by atoms with Crippen LogP contribution in [0, 0.1) is 20.8 Å². The maximum atomic E-state index is 12.3. The molecule has 0 fully saturated rings. The van der Waals surface area contributed by atoms with Crippen molar-refractivity contribution in [1.82, 2.24) is 10.6 Å². The summed E-state index contributed by atoms with van der Waals surface area (Å²) < 4.78 is 11.1. The summed E-state index contributed by atoms with van der Waals surface area (Å²) in [5.74, 6) is 0.967. The number of hydrogen-bond acceptors (Lipinski definition) is 4. The minimum atomic E-state index is -0.429. The molecule has 31 heavy (non-hydrogen) atoms. The molecule has 3 amide bonds. The fourth-order valence-electron chi connectivity index (χ4n) is 3.36. The smallest absolute Gasteiger partial charge is 0.315 e. The number of ether oxygens (including phenoxy) is 2. The number of carbonyl (C=O) groups excluding carboxylic acids is 2. The van der Waals surface area contributed by atoms with Gasteiger partial charge in [0.2, 0.25) is 5.91 Å². The summed E-state index contributed by atoms with van der Waals surface area (Å²) in [5.41, 5.74) is 4.76. The molecular weight excluding hydrogens is 394 g/mol. The molecule has 0 spiro atoms. The Hall–Kier alpha value is -3.22. The van der Waals surface area contributed by atoms with E-state index in [1.807, 2.05) is 71.9 Å². The van der Waals surface area contributed by atoms with Gasteiger partial charge in [0.25, 0.3) is 0 Å². The Balaban J connectivity index is 1.91. The quantitative estimate of drug-likeness (QED) is 0.582. The molecule has 1 unspecified atom stereocenters. The van der Waals surface area contributed by atoms with Crippen LogP contribution in [-0.2, 0) is 4.79 Å². The van der Waals surface area contributed by atoms with Crippen molar-refractivity contribution in [2.75, 3.05) is 19.0 Å². The van der Waals surface area contributed by atoms with Gasteiger partial charge in [-0.05, 0) is 70.4 Å². The van der Waals surface area contributed by atoms with Crippen molar-refractivity contribution in [3.05, 3.63) is 52.6 Å². The number of anilines is 1. The molecule has 0 saturated carbocycles. The van der Waals surface area contributed by atoms with Gasteiger partial charge in [0.15, 0.2) is 11.5 Å². The monoisotopic (exact) mass is 427 g/mol. The maximum Gasteiger partial charge on any atom is 0.315 e. The summed E-state index contributed by atoms with van der Waals surface area (Å²) in [5, 5.41) is 8.30. The molecule has 0 aliphatic rings. The number of amides is 3. The van der Waals surface area contributed by atoms with Crippen molar-refractivity contribution in [3.63, 3.8) is 0 Å². The lowest BCUT2D eigenvalue weighted by Crippen LogP contribution is -2.41. The Morgan fingerprint density at radius 2 is 1.61 bits per heavy atom. The van der Waals surface area contributed by atoms with E-state index in [-0.39, 0.29) is 24.6 Å². The van der Waals surface area contributed by atoms with Gasteiger partial charge in [-0.1, -0.05) is 23.8 Å². The highest BCUT2D eigenvalue weighted by atomic mass is 16.5. The van der Waals surface area contributed by atoms with Crippen molar-refractivity contribution in [2.24, 2.45) is 0 Å². The minimum Gasteiger partial charge on any atom is -0.493 e. The SMILES string of the molecule is COc1cc(C(C)NC(=O)NCC(=O)Nc2c(C)cc(C)cc2C)ccc1OC(C)C. The van der Waals surface area contributed by atoms with E-state index in [1.54, 1.807) is 7.11 Å². The van der Waals surface area contributed by atoms with Crippen LogP contribution in [-0.4, -0.2) is 31.7 Å². The van der Waals surface area contributed by atoms with E-state index in [1.165, 1.54) is 0 Å². The van der Waals surface area contributed by atoms with Crippen LogP contribution >= 0.6 is 0 Å². The average molecular weight is 428 g/mol. The van der Waals surface area contributed by atoms with Crippen molar-refractivity contribution < 1.29 is 19.1 Å². The first-order valence-electron chi connectivity index (χ1n) is 10.4. The van der Waals surface area contributed by atoms with Gasteiger partial charge >= 0.3 is 6.03 Å². The number of benzene rings is 2. The standard InChI is InChI=1S/C24H33N3O4/c1-14(2)31-20-9-8-19(12-21(20)30-7)18(6)26-24(29)25-13-22(28)27-23-16(4)10-15(3)11-17(23)5/h8-12,14,18H,13H2,1-7H3,(H,27,28)(H2,25,26,29). The molecule has 0 radical (unpaired) electrons. The first kappa shape index (κ1) is 24.1. The summed E-state index contributed by atoms with van der Waals surface area (Å²) in [7, 11) is 1.58. The number of carbonyl (C=O) groups is 2. The van der Waals surface area contributed by atoms with Crippen LogP contribution in [0.5, 0.6) is 11.5 Å². The van der Waals surface area contributed by atoms with Gasteiger partial charge in [-0.25, -0.2) is 4.79 Å². The first-order valence-corrected chi connectivity index (χ1v) is 10.4. The van der Waals surface area contributed by atoms with Crippen LogP contribution in [0.4, 0.5) is 10.5 Å². The van der Waals surface area contributed by atoms with E-state index in [9.17, 15) is 9.59 Å². The number of hydrogen-bond donors (Lipinski definition) is 3. The van der Waals surface area contributed by atoms with Gasteiger partial charge in [-0.3, -0.25) is 4.79 Å². The van der Waals surface area contributed by atoms with Gasteiger partial charge in [0.1, 0.15) is 0 Å². The van der Waals surface area contributed by atoms with E-state index >= 15 is 0 Å². The van der Waals surface area contributed by atoms with Crippen LogP contribution in [0.2, 0.25) is 0 Å². The van der Waals surface area contributed by atoms with Crippen molar-refractivity contribution in [3.8, 4) is 11.5 Å². The molecule has 7 heteroatoms. The molecule has 1 atom stereocenters. The number of aryl methyl sites for hydroxylation is 3. The van der Waals surface area contributed by atoms with Crippen LogP contribution in [0.25, 0.3) is 0 Å². The molecule has 3 N–H and O–H groups in total. The van der Waals surface area contributed by atoms with Crippen molar-refractivity contribution >= 4 is 17.6 Å². The molecular formula is C24H33N3O4. The zero-order valence-corrected chi connectivity index (χ0v) is 19.4. The predicted molar refractivity (Wildman–Crippen MR) is 123 cm³/mol. The van der Waals surface area contributed by atoms with Crippen LogP contribution in [0.15, 0.2) is 30.3 Å². The fraction of sp³-hybridized carbons (Fsp3) is 0.417. The lowest BCUT2D eigenvalue weighted by Gasteiger charge is -2.18. The minimum absolute atomic E-state index is 0.0275. The molecule has 7 nitrogen and oxygen atoms in total. The Morgan fingerprint density at radius 3 is 2.19 bits per heavy atom. The summed E-state index contributed by atoms with van der Waals surface area (Å²) in [4.78, 5) is 24.6. The highest BCUT2D eigenvalue weighted by Gasteiger charge is 2.15. The van der Waals surface area contributed by atoms with E-state index in [0.717, 1.165) is 27.9 Å². The van der Waals surface area contributed by atoms with Crippen LogP contribution < -0.4 is 25.4 Å². The second-order valence-electron chi connectivity index (χ2n) is 7.95. The van der Waals surface area contributed by atoms with Crippen LogP contribution in [0.3, 0.4) is 0 Å². The molecule has 168 valence electrons. The third-order valence-corrected chi connectivity index (χ3v) is 4.75. The number of nitrogens with one attached hydrogen (secondary N) is 3. The van der Waals surface area contributed by atoms with Gasteiger partial charge in [-0.2, -0.15) is 0 Å². The zero-order chi connectivity index (χ0) is 23.1. The molecule has 0 bridgehead atoms. The van der Waals surface area contributed by atoms with Gasteiger partial charge < -0.3 is 25.4 Å². The number of rotatable bonds is 8. The second kappa shape index (κ2) is 10.7. The molecule has 0 aliphatic carbocycles. The fourth-order valence-corrected chi connectivity index (χ4v) is 3.36. The van der Waals surface area contributed by atoms with Gasteiger partial charge in [-0.15, -0.1) is 0 Å². The largest absolute Gasteiger partial charge is 0.493 e. The molecule has 0 heterocycles. The highest BCUT2D eigenvalue weighted by Crippen LogP contribution is 2.31. The normalized spacial score (nSPS) is 11.6. The lowest BCUT2D eigenvalue weighted by molar-refractivity contribution is -0.115. The summed E-state index contributed by atoms with van der Waals surface area (Å²) in [6.45, 7) is 11.5. The zero-order valence-electron chi connectivity index (χ0n) is 19.4. The van der Waals surface area contributed by atoms with E-state index in [2.05, 4.69) is 16.0 Å². The highest BCUT2D eigenvalue weighted by molar-refractivity contribution is 5.95. The summed E-state index contributed by atoms with van der Waals surface area (Å²) >= 11 is 0. The third kappa shape index (κ3) is 6.91. The second-order valence-corrected chi connectivity index (χ2v) is 7.95. The summed E-state index contributed by atoms with van der Waals surface area (Å²) in [6.07, 6.45) is 0.0275. The molecule has 2 aromatic carbocycles. The maximum absolute atomic E-state index is 12.3. The number of methoxy groups -OCH3 is 1.